The quantitative estimate of drug-likeness (QED) is 0.0840. The molecule has 21 aromatic rings. The highest BCUT2D eigenvalue weighted by Gasteiger charge is 2.26. The summed E-state index contributed by atoms with van der Waals surface area (Å²) in [5, 5.41) is 35.6. The summed E-state index contributed by atoms with van der Waals surface area (Å²) in [5.41, 5.74) is 24.3. The summed E-state index contributed by atoms with van der Waals surface area (Å²) in [6.07, 6.45) is 0. The maximum absolute atomic E-state index is 10.3. The lowest BCUT2D eigenvalue weighted by molar-refractivity contribution is 1.08. The number of nitrogens with zero attached hydrogens (tertiary/aromatic N) is 12. The van der Waals surface area contributed by atoms with Gasteiger partial charge in [0.05, 0.1) is 34.9 Å². The lowest BCUT2D eigenvalue weighted by Crippen LogP contribution is -2.02. The maximum atomic E-state index is 10.3. The van der Waals surface area contributed by atoms with Crippen LogP contribution in [0.15, 0.2) is 413 Å². The Balaban J connectivity index is 0.723. The first-order valence-corrected chi connectivity index (χ1v) is 41.5. The molecule has 0 radical (unpaired) electrons. The van der Waals surface area contributed by atoms with E-state index in [0.29, 0.717) is 69.1 Å². The Morgan fingerprint density at radius 2 is 0.452 bits per heavy atom. The van der Waals surface area contributed by atoms with Crippen molar-refractivity contribution in [2.45, 2.75) is 0 Å². The van der Waals surface area contributed by atoms with Crippen LogP contribution in [-0.2, 0) is 0 Å². The van der Waals surface area contributed by atoms with Crippen LogP contribution in [-0.4, -0.2) is 44.9 Å². The van der Waals surface area contributed by atoms with Gasteiger partial charge in [-0.1, -0.05) is 364 Å². The normalized spacial score (nSPS) is 11.2. The lowest BCUT2D eigenvalue weighted by Gasteiger charge is -2.18. The largest absolute Gasteiger partial charge is 0.208 e. The van der Waals surface area contributed by atoms with Crippen LogP contribution in [0, 0.1) is 34.0 Å². The molecule has 0 aliphatic rings. The van der Waals surface area contributed by atoms with Crippen LogP contribution in [0.1, 0.15) is 16.7 Å². The average molecular weight is 1610 g/mol. The Hall–Kier alpha value is -17.8. The fourth-order valence-electron chi connectivity index (χ4n) is 17.0. The number of nitriles is 3. The molecule has 0 spiro atoms. The lowest BCUT2D eigenvalue weighted by atomic mass is 9.89. The molecule has 126 heavy (non-hydrogen) atoms. The molecule has 12 nitrogen and oxygen atoms in total. The highest BCUT2D eigenvalue weighted by atomic mass is 15.1. The van der Waals surface area contributed by atoms with Gasteiger partial charge < -0.3 is 0 Å². The molecule has 0 N–H and O–H groups in total. The van der Waals surface area contributed by atoms with Crippen molar-refractivity contribution < 1.29 is 0 Å². The van der Waals surface area contributed by atoms with Gasteiger partial charge in [-0.25, -0.2) is 44.9 Å². The molecule has 3 heterocycles. The fourth-order valence-corrected chi connectivity index (χ4v) is 17.0. The molecule has 0 saturated heterocycles. The van der Waals surface area contributed by atoms with Crippen molar-refractivity contribution in [3.63, 3.8) is 0 Å². The van der Waals surface area contributed by atoms with Crippen molar-refractivity contribution >= 4 is 32.3 Å². The number of aromatic nitrogens is 9. The van der Waals surface area contributed by atoms with Crippen LogP contribution in [0.5, 0.6) is 0 Å². The van der Waals surface area contributed by atoms with E-state index in [0.717, 1.165) is 171 Å². The average Bonchev–Trinajstić information content (AvgIpc) is 0.764. The third-order valence-electron chi connectivity index (χ3n) is 23.2. The summed E-state index contributed by atoms with van der Waals surface area (Å²) < 4.78 is 0. The highest BCUT2D eigenvalue weighted by Crippen LogP contribution is 2.47. The molecule has 0 saturated carbocycles. The van der Waals surface area contributed by atoms with Crippen LogP contribution in [0.3, 0.4) is 0 Å². The van der Waals surface area contributed by atoms with Gasteiger partial charge in [0, 0.05) is 50.1 Å². The Labute approximate surface area is 727 Å². The third kappa shape index (κ3) is 14.7. The first-order valence-electron chi connectivity index (χ1n) is 41.5. The second kappa shape index (κ2) is 33.1. The van der Waals surface area contributed by atoms with Crippen molar-refractivity contribution in [2.75, 3.05) is 0 Å². The number of rotatable bonds is 17. The van der Waals surface area contributed by atoms with Crippen molar-refractivity contribution in [3.8, 4) is 210 Å². The molecule has 584 valence electrons. The topological polar surface area (TPSA) is 187 Å². The minimum atomic E-state index is 0.461. The molecule has 0 bridgehead atoms. The van der Waals surface area contributed by atoms with Crippen LogP contribution in [0.2, 0.25) is 0 Å². The Kier molecular flexibility index (Phi) is 19.9. The summed E-state index contributed by atoms with van der Waals surface area (Å²) >= 11 is 0. The van der Waals surface area contributed by atoms with Gasteiger partial charge in [0.1, 0.15) is 0 Å². The summed E-state index contributed by atoms with van der Waals surface area (Å²) in [6.45, 7) is 0. The van der Waals surface area contributed by atoms with E-state index in [4.69, 9.17) is 44.9 Å². The van der Waals surface area contributed by atoms with Gasteiger partial charge in [0.2, 0.25) is 0 Å². The number of hydrogen-bond donors (Lipinski definition) is 0. The number of benzene rings is 18. The van der Waals surface area contributed by atoms with Crippen molar-refractivity contribution in [1.82, 2.24) is 44.9 Å². The predicted molar refractivity (Wildman–Crippen MR) is 506 cm³/mol. The molecule has 0 atom stereocenters. The van der Waals surface area contributed by atoms with E-state index in [-0.39, 0.29) is 0 Å². The fraction of sp³-hybridized carbons (Fsp3) is 0. The first-order chi connectivity index (χ1) is 62.3. The standard InChI is InChI=1S/C114H68N12/c115-69-72-47-49-74(50-48-72)85-35-18-38-88(66-85)98-60-59-76-24-13-16-42-95(76)103(98)112-121-108(82-29-9-3-10-30-82)119-110(125-112)89-39-19-36-86(67-89)94-44-22-46-102-100(94)64-62-97(79-57-55-77(56-58-79)92-41-15-14-33-91(92)71-117)105(102)114-124-109(83-31-11-4-12-32-83)120-111(126-114)90-40-20-37-87(68-90)93-43-21-45-101-99(93)63-61-96(78-53-51-75(52-54-78)84-34-17-23-73(65-84)70-116)104(101)113-122-106(80-25-5-1-6-26-80)118-107(123-113)81-27-7-2-8-28-81/h1-68H. The van der Waals surface area contributed by atoms with Crippen molar-refractivity contribution in [3.05, 3.63) is 429 Å². The maximum Gasteiger partial charge on any atom is 0.165 e. The van der Waals surface area contributed by atoms with E-state index in [1.165, 1.54) is 0 Å². The molecule has 12 heteroatoms. The van der Waals surface area contributed by atoms with E-state index in [1.807, 2.05) is 194 Å². The second-order valence-electron chi connectivity index (χ2n) is 30.8. The van der Waals surface area contributed by atoms with E-state index in [2.05, 4.69) is 237 Å². The monoisotopic (exact) mass is 1600 g/mol. The van der Waals surface area contributed by atoms with Crippen LogP contribution >= 0.6 is 0 Å². The molecule has 0 aliphatic carbocycles. The van der Waals surface area contributed by atoms with Crippen LogP contribution in [0.25, 0.3) is 224 Å². The van der Waals surface area contributed by atoms with Gasteiger partial charge in [-0.05, 0) is 170 Å². The van der Waals surface area contributed by atoms with Gasteiger partial charge >= 0.3 is 0 Å². The molecule has 0 unspecified atom stereocenters. The zero-order chi connectivity index (χ0) is 84.4. The minimum absolute atomic E-state index is 0.461. The molecule has 0 aliphatic heterocycles. The Morgan fingerprint density at radius 3 is 0.913 bits per heavy atom. The molecule has 0 amide bonds. The van der Waals surface area contributed by atoms with E-state index >= 15 is 0 Å². The third-order valence-corrected chi connectivity index (χ3v) is 23.2. The molecule has 0 fully saturated rings. The highest BCUT2D eigenvalue weighted by molar-refractivity contribution is 6.11. The van der Waals surface area contributed by atoms with Gasteiger partial charge in [0.25, 0.3) is 0 Å². The molecule has 21 rings (SSSR count). The second-order valence-corrected chi connectivity index (χ2v) is 30.8. The Morgan fingerprint density at radius 1 is 0.151 bits per heavy atom. The van der Waals surface area contributed by atoms with E-state index in [9.17, 15) is 15.8 Å². The molecule has 3 aromatic heterocycles. The van der Waals surface area contributed by atoms with E-state index < -0.39 is 0 Å². The molecule has 18 aromatic carbocycles. The zero-order valence-corrected chi connectivity index (χ0v) is 67.6. The number of hydrogen-bond acceptors (Lipinski definition) is 12. The van der Waals surface area contributed by atoms with Crippen molar-refractivity contribution in [1.29, 1.82) is 15.8 Å². The van der Waals surface area contributed by atoms with Gasteiger partial charge in [-0.2, -0.15) is 15.8 Å². The summed E-state index contributed by atoms with van der Waals surface area (Å²) in [5.74, 6) is 4.57. The zero-order valence-electron chi connectivity index (χ0n) is 67.6. The van der Waals surface area contributed by atoms with Gasteiger partial charge in [-0.3, -0.25) is 0 Å². The SMILES string of the molecule is N#Cc1ccc(-c2cccc(-c3ccc4ccccc4c3-c3nc(-c4ccccc4)nc(-c4cccc(-c5cccc6c(-c7nc(-c8ccccc8)nc(-c8cccc(-c9cccc%10c(-c%11nc(-c%12ccccc%12)nc(-c%12ccccc%12)n%11)c(-c%11ccc(-c%12cccc(C#N)c%12)cc%11)ccc9%10)c8)n7)c(-c7ccc(-c8ccccc8C#N)cc7)ccc56)c4)n3)c2)cc1. The van der Waals surface area contributed by atoms with E-state index in [1.54, 1.807) is 0 Å². The minimum Gasteiger partial charge on any atom is -0.208 e. The summed E-state index contributed by atoms with van der Waals surface area (Å²) in [7, 11) is 0. The first kappa shape index (κ1) is 75.7. The smallest absolute Gasteiger partial charge is 0.165 e. The van der Waals surface area contributed by atoms with Crippen LogP contribution in [0.4, 0.5) is 0 Å². The van der Waals surface area contributed by atoms with Gasteiger partial charge in [-0.15, -0.1) is 0 Å². The molecular weight excluding hydrogens is 1540 g/mol. The number of fused-ring (bicyclic) bond motifs is 3. The predicted octanol–water partition coefficient (Wildman–Crippen LogP) is 27.7. The van der Waals surface area contributed by atoms with Gasteiger partial charge in [0.15, 0.2) is 52.4 Å². The van der Waals surface area contributed by atoms with Crippen molar-refractivity contribution in [2.24, 2.45) is 0 Å². The summed E-state index contributed by atoms with van der Waals surface area (Å²) in [6, 6.07) is 147. The molecular formula is C114H68N12. The van der Waals surface area contributed by atoms with Crippen LogP contribution < -0.4 is 0 Å². The summed E-state index contributed by atoms with van der Waals surface area (Å²) in [4.78, 5) is 48.9. The Bertz CT molecular complexity index is 7900.